The topological polar surface area (TPSA) is 51.2 Å². The Hall–Kier alpha value is -1.79. The Morgan fingerprint density at radius 1 is 1.47 bits per heavy atom. The van der Waals surface area contributed by atoms with E-state index in [0.29, 0.717) is 5.56 Å². The van der Waals surface area contributed by atoms with E-state index in [2.05, 4.69) is 15.0 Å². The number of ether oxygens (including phenoxy) is 1. The van der Waals surface area contributed by atoms with Crippen LogP contribution in [0.15, 0.2) is 18.3 Å². The lowest BCUT2D eigenvalue weighted by atomic mass is 10.2. The van der Waals surface area contributed by atoms with Crippen LogP contribution in [0.1, 0.15) is 18.2 Å². The second-order valence-electron chi connectivity index (χ2n) is 3.12. The van der Waals surface area contributed by atoms with Gasteiger partial charge in [-0.1, -0.05) is 6.07 Å². The fraction of sp³-hybridized carbons (Fsp3) is 0.400. The Labute approximate surface area is 95.8 Å². The van der Waals surface area contributed by atoms with Gasteiger partial charge in [0.2, 0.25) is 0 Å². The number of nitrogens with zero attached hydrogens (tertiary/aromatic N) is 1. The number of aromatic nitrogens is 1. The molecule has 1 rings (SSSR count). The zero-order valence-corrected chi connectivity index (χ0v) is 9.04. The molecule has 0 fully saturated rings. The molecule has 1 aromatic heterocycles. The molecule has 0 spiro atoms. The highest BCUT2D eigenvalue weighted by atomic mass is 19.4. The number of carbonyl (C=O) groups is 1. The van der Waals surface area contributed by atoms with E-state index in [1.54, 1.807) is 6.92 Å². The van der Waals surface area contributed by atoms with Crippen molar-refractivity contribution in [1.29, 1.82) is 0 Å². The van der Waals surface area contributed by atoms with E-state index in [-0.39, 0.29) is 13.2 Å². The SMILES string of the molecule is CCOC(=O)NCc1ccc(C(F)(F)F)nc1. The fourth-order valence-electron chi connectivity index (χ4n) is 1.05. The summed E-state index contributed by atoms with van der Waals surface area (Å²) in [5.74, 6) is 0. The van der Waals surface area contributed by atoms with Crippen LogP contribution in [-0.2, 0) is 17.5 Å². The van der Waals surface area contributed by atoms with E-state index in [0.717, 1.165) is 12.3 Å². The first kappa shape index (κ1) is 13.3. The fourth-order valence-corrected chi connectivity index (χ4v) is 1.05. The number of pyridine rings is 1. The highest BCUT2D eigenvalue weighted by Gasteiger charge is 2.31. The molecule has 0 bridgehead atoms. The van der Waals surface area contributed by atoms with Crippen molar-refractivity contribution in [2.75, 3.05) is 6.61 Å². The highest BCUT2D eigenvalue weighted by Crippen LogP contribution is 2.27. The van der Waals surface area contributed by atoms with E-state index < -0.39 is 18.0 Å². The van der Waals surface area contributed by atoms with Gasteiger partial charge in [0.05, 0.1) is 6.61 Å². The average molecular weight is 248 g/mol. The monoisotopic (exact) mass is 248 g/mol. The molecule has 4 nitrogen and oxygen atoms in total. The first-order chi connectivity index (χ1) is 7.93. The predicted octanol–water partition coefficient (Wildman–Crippen LogP) is 2.35. The van der Waals surface area contributed by atoms with Crippen LogP contribution in [0.4, 0.5) is 18.0 Å². The zero-order chi connectivity index (χ0) is 12.9. The number of hydrogen-bond acceptors (Lipinski definition) is 3. The average Bonchev–Trinajstić information content (AvgIpc) is 2.26. The molecular formula is C10H11F3N2O2. The molecule has 0 saturated heterocycles. The Morgan fingerprint density at radius 2 is 2.18 bits per heavy atom. The lowest BCUT2D eigenvalue weighted by Gasteiger charge is -2.07. The van der Waals surface area contributed by atoms with Crippen LogP contribution in [0.5, 0.6) is 0 Å². The summed E-state index contributed by atoms with van der Waals surface area (Å²) < 4.78 is 41.1. The molecule has 0 aliphatic heterocycles. The van der Waals surface area contributed by atoms with Crippen molar-refractivity contribution < 1.29 is 22.7 Å². The molecule has 0 aliphatic carbocycles. The molecule has 7 heteroatoms. The molecule has 17 heavy (non-hydrogen) atoms. The van der Waals surface area contributed by atoms with Gasteiger partial charge in [0.1, 0.15) is 5.69 Å². The van der Waals surface area contributed by atoms with Crippen molar-refractivity contribution in [3.8, 4) is 0 Å². The van der Waals surface area contributed by atoms with Gasteiger partial charge in [-0.25, -0.2) is 4.79 Å². The van der Waals surface area contributed by atoms with E-state index >= 15 is 0 Å². The second-order valence-corrected chi connectivity index (χ2v) is 3.12. The minimum atomic E-state index is -4.45. The van der Waals surface area contributed by atoms with Crippen molar-refractivity contribution >= 4 is 6.09 Å². The Kier molecular flexibility index (Phi) is 4.30. The van der Waals surface area contributed by atoms with Crippen LogP contribution < -0.4 is 5.32 Å². The van der Waals surface area contributed by atoms with Gasteiger partial charge in [-0.15, -0.1) is 0 Å². The number of rotatable bonds is 3. The molecule has 0 aromatic carbocycles. The third kappa shape index (κ3) is 4.29. The largest absolute Gasteiger partial charge is 0.450 e. The van der Waals surface area contributed by atoms with Gasteiger partial charge in [-0.05, 0) is 18.6 Å². The predicted molar refractivity (Wildman–Crippen MR) is 53.1 cm³/mol. The number of amides is 1. The molecule has 1 aromatic rings. The molecule has 0 saturated carbocycles. The number of halogens is 3. The summed E-state index contributed by atoms with van der Waals surface area (Å²) >= 11 is 0. The minimum Gasteiger partial charge on any atom is -0.450 e. The maximum atomic E-state index is 12.2. The first-order valence-electron chi connectivity index (χ1n) is 4.86. The highest BCUT2D eigenvalue weighted by molar-refractivity contribution is 5.67. The minimum absolute atomic E-state index is 0.0734. The Morgan fingerprint density at radius 3 is 2.65 bits per heavy atom. The Balaban J connectivity index is 2.54. The van der Waals surface area contributed by atoms with Crippen LogP contribution in [0.2, 0.25) is 0 Å². The summed E-state index contributed by atoms with van der Waals surface area (Å²) in [6.45, 7) is 1.96. The normalized spacial score (nSPS) is 11.1. The molecule has 94 valence electrons. The van der Waals surface area contributed by atoms with Crippen molar-refractivity contribution in [2.24, 2.45) is 0 Å². The summed E-state index contributed by atoms with van der Waals surface area (Å²) in [5.41, 5.74) is -0.497. The third-order valence-electron chi connectivity index (χ3n) is 1.83. The second kappa shape index (κ2) is 5.51. The lowest BCUT2D eigenvalue weighted by Crippen LogP contribution is -2.23. The van der Waals surface area contributed by atoms with Gasteiger partial charge in [-0.2, -0.15) is 13.2 Å². The number of carbonyl (C=O) groups excluding carboxylic acids is 1. The number of hydrogen-bond donors (Lipinski definition) is 1. The van der Waals surface area contributed by atoms with E-state index in [1.807, 2.05) is 0 Å². The van der Waals surface area contributed by atoms with Gasteiger partial charge >= 0.3 is 12.3 Å². The van der Waals surface area contributed by atoms with E-state index in [4.69, 9.17) is 0 Å². The van der Waals surface area contributed by atoms with Crippen LogP contribution >= 0.6 is 0 Å². The summed E-state index contributed by atoms with van der Waals surface area (Å²) in [6.07, 6.45) is -4.00. The molecule has 0 unspecified atom stereocenters. The maximum absolute atomic E-state index is 12.2. The van der Waals surface area contributed by atoms with Crippen LogP contribution in [-0.4, -0.2) is 17.7 Å². The van der Waals surface area contributed by atoms with E-state index in [1.165, 1.54) is 6.07 Å². The summed E-state index contributed by atoms with van der Waals surface area (Å²) in [6, 6.07) is 2.12. The van der Waals surface area contributed by atoms with Crippen LogP contribution in [0.3, 0.4) is 0 Å². The quantitative estimate of drug-likeness (QED) is 0.893. The van der Waals surface area contributed by atoms with Crippen molar-refractivity contribution in [1.82, 2.24) is 10.3 Å². The lowest BCUT2D eigenvalue weighted by molar-refractivity contribution is -0.141. The number of alkyl halides is 3. The summed E-state index contributed by atoms with van der Waals surface area (Å²) in [7, 11) is 0. The van der Waals surface area contributed by atoms with Gasteiger partial charge in [0.15, 0.2) is 0 Å². The van der Waals surface area contributed by atoms with Crippen molar-refractivity contribution in [2.45, 2.75) is 19.6 Å². The first-order valence-corrected chi connectivity index (χ1v) is 4.86. The smallest absolute Gasteiger partial charge is 0.433 e. The standard InChI is InChI=1S/C10H11F3N2O2/c1-2-17-9(16)15-6-7-3-4-8(14-5-7)10(11,12)13/h3-5H,2,6H2,1H3,(H,15,16). The van der Waals surface area contributed by atoms with Gasteiger partial charge < -0.3 is 10.1 Å². The van der Waals surface area contributed by atoms with Gasteiger partial charge in [0.25, 0.3) is 0 Å². The maximum Gasteiger partial charge on any atom is 0.433 e. The summed E-state index contributed by atoms with van der Waals surface area (Å²) in [5, 5.41) is 2.38. The third-order valence-corrected chi connectivity index (χ3v) is 1.83. The van der Waals surface area contributed by atoms with Gasteiger partial charge in [-0.3, -0.25) is 4.98 Å². The van der Waals surface area contributed by atoms with Crippen molar-refractivity contribution in [3.05, 3.63) is 29.6 Å². The van der Waals surface area contributed by atoms with E-state index in [9.17, 15) is 18.0 Å². The number of alkyl carbamates (subject to hydrolysis) is 1. The van der Waals surface area contributed by atoms with Crippen LogP contribution in [0, 0.1) is 0 Å². The molecule has 0 atom stereocenters. The molecule has 0 aliphatic rings. The number of nitrogens with one attached hydrogen (secondary N) is 1. The molecular weight excluding hydrogens is 237 g/mol. The molecule has 1 heterocycles. The molecule has 0 radical (unpaired) electrons. The molecule has 1 N–H and O–H groups in total. The molecule has 1 amide bonds. The zero-order valence-electron chi connectivity index (χ0n) is 9.04. The summed E-state index contributed by atoms with van der Waals surface area (Å²) in [4.78, 5) is 14.2. The van der Waals surface area contributed by atoms with Gasteiger partial charge in [0, 0.05) is 12.7 Å². The van der Waals surface area contributed by atoms with Crippen molar-refractivity contribution in [3.63, 3.8) is 0 Å². The van der Waals surface area contributed by atoms with Crippen LogP contribution in [0.25, 0.3) is 0 Å². The Bertz CT molecular complexity index is 376.